The molecule has 2 saturated heterocycles. The third kappa shape index (κ3) is 5.11. The van der Waals surface area contributed by atoms with Gasteiger partial charge in [0.2, 0.25) is 11.8 Å². The molecule has 4 rings (SSSR count). The fourth-order valence-corrected chi connectivity index (χ4v) is 4.97. The molecular weight excluding hydrogens is 442 g/mol. The van der Waals surface area contributed by atoms with E-state index in [1.807, 2.05) is 68.4 Å². The number of nitrogens with zero attached hydrogens (tertiary/aromatic N) is 2. The van der Waals surface area contributed by atoms with Crippen LogP contribution in [0.15, 0.2) is 54.6 Å². The number of piperidine rings is 1. The quantitative estimate of drug-likeness (QED) is 0.595. The maximum absolute atomic E-state index is 13.4. The van der Waals surface area contributed by atoms with Gasteiger partial charge in [-0.15, -0.1) is 0 Å². The van der Waals surface area contributed by atoms with E-state index in [2.05, 4.69) is 27.8 Å². The van der Waals surface area contributed by atoms with Gasteiger partial charge in [0.25, 0.3) is 0 Å². The van der Waals surface area contributed by atoms with E-state index in [4.69, 9.17) is 0 Å². The molecule has 0 aliphatic carbocycles. The molecular formula is C27H35N5O3. The lowest BCUT2D eigenvalue weighted by Crippen LogP contribution is -2.60. The first-order valence-electron chi connectivity index (χ1n) is 12.4. The van der Waals surface area contributed by atoms with Crippen LogP contribution >= 0.6 is 0 Å². The molecule has 35 heavy (non-hydrogen) atoms. The summed E-state index contributed by atoms with van der Waals surface area (Å²) in [6.07, 6.45) is 2.01. The lowest BCUT2D eigenvalue weighted by molar-refractivity contribution is -0.137. The van der Waals surface area contributed by atoms with E-state index < -0.39 is 17.6 Å². The molecule has 0 aromatic heterocycles. The minimum absolute atomic E-state index is 0.0143. The van der Waals surface area contributed by atoms with Crippen LogP contribution in [0.4, 0.5) is 16.2 Å². The summed E-state index contributed by atoms with van der Waals surface area (Å²) in [4.78, 5) is 42.9. The molecule has 2 fully saturated rings. The van der Waals surface area contributed by atoms with Crippen molar-refractivity contribution < 1.29 is 14.4 Å². The SMILES string of the molecule is CCc1ccc(NC(=O)NC(C(=O)N2CCC3(CC2)C(=O)NCN3c2ccccc2)C(C)C)cc1. The fourth-order valence-electron chi connectivity index (χ4n) is 4.97. The molecule has 2 heterocycles. The summed E-state index contributed by atoms with van der Waals surface area (Å²) in [6, 6.07) is 16.5. The number of anilines is 2. The zero-order valence-corrected chi connectivity index (χ0v) is 20.7. The second kappa shape index (κ2) is 10.4. The van der Waals surface area contributed by atoms with Crippen molar-refractivity contribution in [2.75, 3.05) is 30.0 Å². The van der Waals surface area contributed by atoms with Crippen molar-refractivity contribution >= 4 is 29.2 Å². The van der Waals surface area contributed by atoms with Crippen molar-refractivity contribution in [1.82, 2.24) is 15.5 Å². The first kappa shape index (κ1) is 24.6. The number of likely N-dealkylation sites (tertiary alicyclic amines) is 1. The third-order valence-electron chi connectivity index (χ3n) is 7.15. The molecule has 2 aliphatic rings. The second-order valence-electron chi connectivity index (χ2n) is 9.66. The summed E-state index contributed by atoms with van der Waals surface area (Å²) in [5, 5.41) is 8.68. The molecule has 2 aliphatic heterocycles. The van der Waals surface area contributed by atoms with Crippen LogP contribution in [0.1, 0.15) is 39.2 Å². The van der Waals surface area contributed by atoms with Crippen molar-refractivity contribution in [3.05, 3.63) is 60.2 Å². The van der Waals surface area contributed by atoms with Crippen LogP contribution in [0, 0.1) is 5.92 Å². The Morgan fingerprint density at radius 1 is 1.03 bits per heavy atom. The number of carbonyl (C=O) groups is 3. The van der Waals surface area contributed by atoms with Crippen molar-refractivity contribution in [3.8, 4) is 0 Å². The van der Waals surface area contributed by atoms with Gasteiger partial charge in [-0.05, 0) is 55.0 Å². The maximum Gasteiger partial charge on any atom is 0.319 e. The van der Waals surface area contributed by atoms with Crippen LogP contribution in [-0.2, 0) is 16.0 Å². The Bertz CT molecular complexity index is 1050. The van der Waals surface area contributed by atoms with Crippen molar-refractivity contribution in [1.29, 1.82) is 0 Å². The number of carbonyl (C=O) groups excluding carboxylic acids is 3. The zero-order valence-electron chi connectivity index (χ0n) is 20.7. The van der Waals surface area contributed by atoms with Crippen molar-refractivity contribution in [2.45, 2.75) is 51.6 Å². The van der Waals surface area contributed by atoms with Gasteiger partial charge in [-0.3, -0.25) is 9.59 Å². The number of hydrogen-bond donors (Lipinski definition) is 3. The van der Waals surface area contributed by atoms with Crippen LogP contribution in [0.25, 0.3) is 0 Å². The molecule has 2 aromatic carbocycles. The first-order valence-corrected chi connectivity index (χ1v) is 12.4. The first-order chi connectivity index (χ1) is 16.8. The van der Waals surface area contributed by atoms with Crippen molar-refractivity contribution in [2.24, 2.45) is 5.92 Å². The highest BCUT2D eigenvalue weighted by molar-refractivity contribution is 5.95. The molecule has 0 saturated carbocycles. The highest BCUT2D eigenvalue weighted by atomic mass is 16.2. The van der Waals surface area contributed by atoms with Crippen LogP contribution < -0.4 is 20.9 Å². The van der Waals surface area contributed by atoms with Crippen molar-refractivity contribution in [3.63, 3.8) is 0 Å². The van der Waals surface area contributed by atoms with Gasteiger partial charge in [-0.2, -0.15) is 0 Å². The van der Waals surface area contributed by atoms with Crippen LogP contribution in [0.2, 0.25) is 0 Å². The normalized spacial score (nSPS) is 17.9. The number of nitrogens with one attached hydrogen (secondary N) is 3. The zero-order chi connectivity index (χ0) is 25.0. The molecule has 8 nitrogen and oxygen atoms in total. The van der Waals surface area contributed by atoms with E-state index in [9.17, 15) is 14.4 Å². The number of urea groups is 1. The van der Waals surface area contributed by atoms with E-state index in [0.717, 1.165) is 12.1 Å². The van der Waals surface area contributed by atoms with Gasteiger partial charge in [0.1, 0.15) is 11.6 Å². The summed E-state index contributed by atoms with van der Waals surface area (Å²) >= 11 is 0. The van der Waals surface area contributed by atoms with Crippen LogP contribution in [0.3, 0.4) is 0 Å². The standard InChI is InChI=1S/C27H35N5O3/c1-4-20-10-12-21(13-11-20)29-26(35)30-23(19(2)3)24(33)31-16-14-27(15-17-31)25(34)28-18-32(27)22-8-6-5-7-9-22/h5-13,19,23H,4,14-18H2,1-3H3,(H,28,34)(H2,29,30,35). The molecule has 3 N–H and O–H groups in total. The third-order valence-corrected chi connectivity index (χ3v) is 7.15. The number of rotatable bonds is 6. The molecule has 2 aromatic rings. The molecule has 1 spiro atoms. The maximum atomic E-state index is 13.4. The van der Waals surface area contributed by atoms with Gasteiger partial charge in [-0.25, -0.2) is 4.79 Å². The van der Waals surface area contributed by atoms with E-state index in [1.54, 1.807) is 4.90 Å². The van der Waals surface area contributed by atoms with Crippen LogP contribution in [0.5, 0.6) is 0 Å². The Labute approximate surface area is 207 Å². The molecule has 0 radical (unpaired) electrons. The Kier molecular flexibility index (Phi) is 7.28. The molecule has 4 amide bonds. The molecule has 0 bridgehead atoms. The molecule has 8 heteroatoms. The van der Waals surface area contributed by atoms with E-state index in [0.29, 0.717) is 38.3 Å². The Balaban J connectivity index is 1.39. The molecule has 1 atom stereocenters. The highest BCUT2D eigenvalue weighted by Crippen LogP contribution is 2.36. The summed E-state index contributed by atoms with van der Waals surface area (Å²) in [5.41, 5.74) is 2.22. The van der Waals surface area contributed by atoms with Gasteiger partial charge in [0.05, 0.1) is 6.67 Å². The van der Waals surface area contributed by atoms with Gasteiger partial charge in [-0.1, -0.05) is 51.1 Å². The number of para-hydroxylation sites is 1. The fraction of sp³-hybridized carbons (Fsp3) is 0.444. The highest BCUT2D eigenvalue weighted by Gasteiger charge is 2.51. The van der Waals surface area contributed by atoms with Crippen LogP contribution in [-0.4, -0.2) is 54.1 Å². The summed E-state index contributed by atoms with van der Waals surface area (Å²) in [7, 11) is 0. The van der Waals surface area contributed by atoms with E-state index in [1.165, 1.54) is 5.56 Å². The van der Waals surface area contributed by atoms with Gasteiger partial charge >= 0.3 is 6.03 Å². The monoisotopic (exact) mass is 477 g/mol. The minimum Gasteiger partial charge on any atom is -0.341 e. The van der Waals surface area contributed by atoms with E-state index >= 15 is 0 Å². The number of amides is 4. The Morgan fingerprint density at radius 2 is 1.69 bits per heavy atom. The smallest absolute Gasteiger partial charge is 0.319 e. The van der Waals surface area contributed by atoms with Gasteiger partial charge in [0, 0.05) is 24.5 Å². The van der Waals surface area contributed by atoms with Gasteiger partial charge in [0.15, 0.2) is 0 Å². The number of benzene rings is 2. The Morgan fingerprint density at radius 3 is 2.29 bits per heavy atom. The number of aryl methyl sites for hydroxylation is 1. The largest absolute Gasteiger partial charge is 0.341 e. The summed E-state index contributed by atoms with van der Waals surface area (Å²) < 4.78 is 0. The lowest BCUT2D eigenvalue weighted by atomic mass is 9.85. The molecule has 1 unspecified atom stereocenters. The average molecular weight is 478 g/mol. The predicted octanol–water partition coefficient (Wildman–Crippen LogP) is 3.35. The number of hydrogen-bond acceptors (Lipinski definition) is 4. The topological polar surface area (TPSA) is 93.8 Å². The molecule has 186 valence electrons. The predicted molar refractivity (Wildman–Crippen MR) is 137 cm³/mol. The minimum atomic E-state index is -0.652. The Hall–Kier alpha value is -3.55. The lowest BCUT2D eigenvalue weighted by Gasteiger charge is -2.44. The summed E-state index contributed by atoms with van der Waals surface area (Å²) in [6.45, 7) is 7.31. The van der Waals surface area contributed by atoms with Gasteiger partial charge < -0.3 is 25.8 Å². The summed E-state index contributed by atoms with van der Waals surface area (Å²) in [5.74, 6) is -0.182. The second-order valence-corrected chi connectivity index (χ2v) is 9.66. The van der Waals surface area contributed by atoms with E-state index in [-0.39, 0.29) is 17.7 Å². The average Bonchev–Trinajstić information content (AvgIpc) is 3.18.